The molecule has 1 amide bonds. The molecule has 1 saturated heterocycles. The van der Waals surface area contributed by atoms with Crippen LogP contribution in [0.4, 0.5) is 10.7 Å². The summed E-state index contributed by atoms with van der Waals surface area (Å²) in [5.74, 6) is -0.0800. The third-order valence-corrected chi connectivity index (χ3v) is 11.4. The van der Waals surface area contributed by atoms with Crippen LogP contribution >= 0.6 is 11.3 Å². The van der Waals surface area contributed by atoms with E-state index in [1.54, 1.807) is 34.6 Å². The lowest BCUT2D eigenvalue weighted by molar-refractivity contribution is -0.155. The van der Waals surface area contributed by atoms with Gasteiger partial charge in [0.25, 0.3) is 5.19 Å². The third kappa shape index (κ3) is 11.1. The fourth-order valence-electron chi connectivity index (χ4n) is 5.92. The van der Waals surface area contributed by atoms with Crippen molar-refractivity contribution >= 4 is 55.2 Å². The number of alkyl carbamates (subject to hydrolysis) is 1. The van der Waals surface area contributed by atoms with Crippen LogP contribution in [0.1, 0.15) is 84.8 Å². The highest BCUT2D eigenvalue weighted by molar-refractivity contribution is 7.89. The summed E-state index contributed by atoms with van der Waals surface area (Å²) in [6.07, 6.45) is 9.63. The topological polar surface area (TPSA) is 153 Å². The number of nitrogens with zero attached hydrogens (tertiary/aromatic N) is 5. The predicted octanol–water partition coefficient (Wildman–Crippen LogP) is 5.74. The summed E-state index contributed by atoms with van der Waals surface area (Å²) in [4.78, 5) is 40.2. The van der Waals surface area contributed by atoms with Crippen LogP contribution in [0.2, 0.25) is 0 Å². The van der Waals surface area contributed by atoms with Crippen molar-refractivity contribution in [2.75, 3.05) is 43.4 Å². The second-order valence-electron chi connectivity index (χ2n) is 14.6. The van der Waals surface area contributed by atoms with Crippen molar-refractivity contribution in [3.05, 3.63) is 47.8 Å². The SMILES string of the molecule is CCCc1cnc(N2CCC(Oc3nc4ccc(C5=CCN(S(=O)(=O)CCC(C)(C)OC(=O)CNC(=O)OC(C)(C)C)CC5)cc4s3)CC2)nc1. The van der Waals surface area contributed by atoms with E-state index in [0.29, 0.717) is 18.2 Å². The van der Waals surface area contributed by atoms with E-state index in [1.165, 1.54) is 15.6 Å². The van der Waals surface area contributed by atoms with E-state index >= 15 is 0 Å². The summed E-state index contributed by atoms with van der Waals surface area (Å²) in [7, 11) is -3.60. The number of hydrogen-bond donors (Lipinski definition) is 1. The van der Waals surface area contributed by atoms with Gasteiger partial charge in [0.1, 0.15) is 23.9 Å². The first-order chi connectivity index (χ1) is 24.1. The maximum Gasteiger partial charge on any atom is 0.408 e. The number of piperidine rings is 1. The molecule has 15 heteroatoms. The molecule has 3 aromatic rings. The zero-order valence-electron chi connectivity index (χ0n) is 30.4. The lowest BCUT2D eigenvalue weighted by Crippen LogP contribution is -2.41. The van der Waals surface area contributed by atoms with Crippen LogP contribution in [0.15, 0.2) is 36.7 Å². The number of ether oxygens (including phenoxy) is 3. The summed E-state index contributed by atoms with van der Waals surface area (Å²) in [5, 5.41) is 3.01. The largest absolute Gasteiger partial charge is 0.467 e. The minimum absolute atomic E-state index is 0.0772. The molecule has 1 N–H and O–H groups in total. The average Bonchev–Trinajstić information content (AvgIpc) is 3.48. The molecule has 2 aromatic heterocycles. The predicted molar refractivity (Wildman–Crippen MR) is 198 cm³/mol. The molecule has 0 radical (unpaired) electrons. The number of esters is 1. The fraction of sp³-hybridized carbons (Fsp3) is 0.583. The summed E-state index contributed by atoms with van der Waals surface area (Å²) < 4.78 is 45.8. The Labute approximate surface area is 304 Å². The Hall–Kier alpha value is -3.82. The molecule has 0 bridgehead atoms. The Morgan fingerprint density at radius 3 is 2.41 bits per heavy atom. The highest BCUT2D eigenvalue weighted by Crippen LogP contribution is 2.34. The maximum absolute atomic E-state index is 13.2. The van der Waals surface area contributed by atoms with Crippen LogP contribution in [-0.2, 0) is 30.7 Å². The highest BCUT2D eigenvalue weighted by atomic mass is 32.2. The standard InChI is InChI=1S/C36H50N6O7S2/c1-7-8-25-22-37-32(38-23-25)41-16-13-28(14-17-41)47-34-40-29-10-9-27(21-30(29)50-34)26-11-18-42(19-12-26)51(45,46)20-15-36(5,6)48-31(43)24-39-33(44)49-35(2,3)4/h9-11,21-23,28H,7-8,12-20,24H2,1-6H3,(H,39,44). The van der Waals surface area contributed by atoms with Gasteiger partial charge in [-0.15, -0.1) is 0 Å². The van der Waals surface area contributed by atoms with Crippen molar-refractivity contribution in [3.8, 4) is 5.19 Å². The van der Waals surface area contributed by atoms with Crippen molar-refractivity contribution in [1.82, 2.24) is 24.6 Å². The molecule has 2 aliphatic heterocycles. The average molecular weight is 743 g/mol. The number of nitrogens with one attached hydrogen (secondary N) is 1. The van der Waals surface area contributed by atoms with E-state index in [0.717, 1.165) is 71.6 Å². The van der Waals surface area contributed by atoms with E-state index in [1.807, 2.05) is 30.6 Å². The minimum Gasteiger partial charge on any atom is -0.467 e. The van der Waals surface area contributed by atoms with Crippen LogP contribution in [0.5, 0.6) is 5.19 Å². The number of rotatable bonds is 13. The quantitative estimate of drug-likeness (QED) is 0.213. The van der Waals surface area contributed by atoms with Gasteiger partial charge in [0.05, 0.1) is 16.0 Å². The molecule has 13 nitrogen and oxygen atoms in total. The van der Waals surface area contributed by atoms with Crippen LogP contribution < -0.4 is 15.0 Å². The van der Waals surface area contributed by atoms with Crippen LogP contribution in [0.25, 0.3) is 15.8 Å². The van der Waals surface area contributed by atoms with Crippen LogP contribution in [0, 0.1) is 0 Å². The molecule has 0 aliphatic carbocycles. The van der Waals surface area contributed by atoms with Gasteiger partial charge >= 0.3 is 12.1 Å². The molecule has 1 fully saturated rings. The number of benzene rings is 1. The van der Waals surface area contributed by atoms with Crippen molar-refractivity contribution in [2.45, 2.75) is 97.4 Å². The zero-order chi connectivity index (χ0) is 36.8. The molecule has 0 saturated carbocycles. The molecule has 2 aliphatic rings. The smallest absolute Gasteiger partial charge is 0.408 e. The van der Waals surface area contributed by atoms with Gasteiger partial charge < -0.3 is 24.4 Å². The molecule has 0 spiro atoms. The van der Waals surface area contributed by atoms with Gasteiger partial charge in [0, 0.05) is 57.8 Å². The zero-order valence-corrected chi connectivity index (χ0v) is 32.1. The summed E-state index contributed by atoms with van der Waals surface area (Å²) >= 11 is 1.53. The van der Waals surface area contributed by atoms with Crippen LogP contribution in [-0.4, -0.2) is 95.5 Å². The Bertz CT molecular complexity index is 1810. The number of aromatic nitrogens is 3. The first-order valence-electron chi connectivity index (χ1n) is 17.6. The molecule has 278 valence electrons. The van der Waals surface area contributed by atoms with E-state index in [4.69, 9.17) is 19.2 Å². The number of fused-ring (bicyclic) bond motifs is 1. The molecular weight excluding hydrogens is 693 g/mol. The van der Waals surface area contributed by atoms with Crippen molar-refractivity contribution in [3.63, 3.8) is 0 Å². The number of sulfonamides is 1. The third-order valence-electron chi connectivity index (χ3n) is 8.66. The summed E-state index contributed by atoms with van der Waals surface area (Å²) in [5.41, 5.74) is 2.43. The molecule has 1 aromatic carbocycles. The van der Waals surface area contributed by atoms with Crippen molar-refractivity contribution in [1.29, 1.82) is 0 Å². The second kappa shape index (κ2) is 16.2. The minimum atomic E-state index is -3.60. The summed E-state index contributed by atoms with van der Waals surface area (Å²) in [6.45, 7) is 12.5. The van der Waals surface area contributed by atoms with Gasteiger partial charge in [-0.05, 0) is 76.3 Å². The maximum atomic E-state index is 13.2. The van der Waals surface area contributed by atoms with Gasteiger partial charge in [0.2, 0.25) is 16.0 Å². The lowest BCUT2D eigenvalue weighted by atomic mass is 10.0. The molecule has 51 heavy (non-hydrogen) atoms. The number of carbonyl (C=O) groups excluding carboxylic acids is 2. The number of hydrogen-bond acceptors (Lipinski definition) is 12. The Balaban J connectivity index is 1.09. The Morgan fingerprint density at radius 1 is 1.04 bits per heavy atom. The number of carbonyl (C=O) groups is 2. The van der Waals surface area contributed by atoms with E-state index in [2.05, 4.69) is 33.2 Å². The first kappa shape index (κ1) is 38.4. The highest BCUT2D eigenvalue weighted by Gasteiger charge is 2.31. The van der Waals surface area contributed by atoms with Gasteiger partial charge in [-0.2, -0.15) is 4.31 Å². The molecular formula is C36H50N6O7S2. The molecule has 0 atom stereocenters. The first-order valence-corrected chi connectivity index (χ1v) is 20.0. The van der Waals surface area contributed by atoms with Crippen molar-refractivity contribution < 1.29 is 32.2 Å². The molecule has 4 heterocycles. The molecule has 5 rings (SSSR count). The fourth-order valence-corrected chi connectivity index (χ4v) is 8.52. The lowest BCUT2D eigenvalue weighted by Gasteiger charge is -2.31. The Kier molecular flexibility index (Phi) is 12.2. The second-order valence-corrected chi connectivity index (χ2v) is 17.7. The summed E-state index contributed by atoms with van der Waals surface area (Å²) in [6, 6.07) is 6.12. The normalized spacial score (nSPS) is 16.5. The number of aryl methyl sites for hydroxylation is 1. The van der Waals surface area contributed by atoms with Gasteiger partial charge in [0.15, 0.2) is 0 Å². The number of thiazole rings is 1. The van der Waals surface area contributed by atoms with Gasteiger partial charge in [-0.25, -0.2) is 28.2 Å². The monoisotopic (exact) mass is 742 g/mol. The molecule has 0 unspecified atom stereocenters. The van der Waals surface area contributed by atoms with E-state index < -0.39 is 33.3 Å². The van der Waals surface area contributed by atoms with Gasteiger partial charge in [-0.3, -0.25) is 4.79 Å². The van der Waals surface area contributed by atoms with Gasteiger partial charge in [-0.1, -0.05) is 36.8 Å². The number of anilines is 1. The van der Waals surface area contributed by atoms with E-state index in [-0.39, 0.29) is 31.4 Å². The van der Waals surface area contributed by atoms with Crippen molar-refractivity contribution in [2.24, 2.45) is 0 Å². The number of amides is 1. The Morgan fingerprint density at radius 2 is 1.76 bits per heavy atom. The van der Waals surface area contributed by atoms with E-state index in [9.17, 15) is 18.0 Å². The van der Waals surface area contributed by atoms with Crippen LogP contribution in [0.3, 0.4) is 0 Å².